The van der Waals surface area contributed by atoms with Crippen molar-refractivity contribution in [2.24, 2.45) is 0 Å². The Bertz CT molecular complexity index is 941. The third-order valence-corrected chi connectivity index (χ3v) is 4.96. The van der Waals surface area contributed by atoms with E-state index in [9.17, 15) is 4.79 Å². The van der Waals surface area contributed by atoms with E-state index >= 15 is 0 Å². The van der Waals surface area contributed by atoms with E-state index in [0.29, 0.717) is 5.56 Å². The zero-order chi connectivity index (χ0) is 17.9. The molecule has 2 aromatic carbocycles. The van der Waals surface area contributed by atoms with Crippen LogP contribution in [0, 0.1) is 0 Å². The van der Waals surface area contributed by atoms with E-state index in [1.54, 1.807) is 19.5 Å². The van der Waals surface area contributed by atoms with E-state index in [1.165, 1.54) is 0 Å². The minimum Gasteiger partial charge on any atom is -0.497 e. The highest BCUT2D eigenvalue weighted by Crippen LogP contribution is 2.33. The average Bonchev–Trinajstić information content (AvgIpc) is 2.73. The predicted octanol–water partition coefficient (Wildman–Crippen LogP) is 4.01. The number of nitrogens with zero attached hydrogens (tertiary/aromatic N) is 3. The summed E-state index contributed by atoms with van der Waals surface area (Å²) in [5.74, 6) is 0.867. The van der Waals surface area contributed by atoms with Gasteiger partial charge in [-0.2, -0.15) is 0 Å². The number of amides is 1. The molecule has 1 aliphatic rings. The number of ether oxygens (including phenoxy) is 1. The van der Waals surface area contributed by atoms with Gasteiger partial charge in [-0.3, -0.25) is 14.8 Å². The zero-order valence-corrected chi connectivity index (χ0v) is 14.8. The Morgan fingerprint density at radius 2 is 1.92 bits per heavy atom. The van der Waals surface area contributed by atoms with Crippen molar-refractivity contribution in [1.82, 2.24) is 14.9 Å². The first kappa shape index (κ1) is 16.5. The first-order valence-electron chi connectivity index (χ1n) is 8.92. The number of aromatic nitrogens is 2. The van der Waals surface area contributed by atoms with Gasteiger partial charge in [0.1, 0.15) is 5.75 Å². The van der Waals surface area contributed by atoms with E-state index in [-0.39, 0.29) is 11.9 Å². The molecule has 26 heavy (non-hydrogen) atoms. The molecule has 0 N–H and O–H groups in total. The van der Waals surface area contributed by atoms with Crippen LogP contribution in [0.2, 0.25) is 0 Å². The highest BCUT2D eigenvalue weighted by Gasteiger charge is 2.29. The number of fused-ring (bicyclic) bond motifs is 1. The molecule has 4 rings (SSSR count). The Hall–Kier alpha value is -2.95. The molecular formula is C21H21N3O2. The van der Waals surface area contributed by atoms with Crippen molar-refractivity contribution in [2.45, 2.75) is 25.3 Å². The summed E-state index contributed by atoms with van der Waals surface area (Å²) in [7, 11) is 1.67. The Morgan fingerprint density at radius 3 is 2.77 bits per heavy atom. The molecule has 1 aliphatic heterocycles. The van der Waals surface area contributed by atoms with Gasteiger partial charge in [0.2, 0.25) is 0 Å². The zero-order valence-electron chi connectivity index (χ0n) is 14.8. The van der Waals surface area contributed by atoms with Crippen LogP contribution in [0.1, 0.15) is 41.2 Å². The third-order valence-electron chi connectivity index (χ3n) is 4.96. The van der Waals surface area contributed by atoms with Gasteiger partial charge in [0.15, 0.2) is 0 Å². The topological polar surface area (TPSA) is 55.3 Å². The van der Waals surface area contributed by atoms with Crippen LogP contribution < -0.4 is 4.74 Å². The van der Waals surface area contributed by atoms with Crippen LogP contribution in [-0.2, 0) is 0 Å². The second-order valence-electron chi connectivity index (χ2n) is 6.55. The predicted molar refractivity (Wildman–Crippen MR) is 100 cm³/mol. The SMILES string of the molecule is COc1cccc(C2CCCCN2C(=O)c2ccc3nccnc3c2)c1. The minimum absolute atomic E-state index is 0.0464. The number of carbonyl (C=O) groups excluding carboxylic acids is 1. The van der Waals surface area contributed by atoms with E-state index in [0.717, 1.165) is 48.2 Å². The fourth-order valence-electron chi connectivity index (χ4n) is 3.63. The van der Waals surface area contributed by atoms with Gasteiger partial charge < -0.3 is 9.64 Å². The summed E-state index contributed by atoms with van der Waals surface area (Å²) >= 11 is 0. The number of benzene rings is 2. The summed E-state index contributed by atoms with van der Waals surface area (Å²) in [6.07, 6.45) is 6.42. The Labute approximate surface area is 152 Å². The fraction of sp³-hybridized carbons (Fsp3) is 0.286. The van der Waals surface area contributed by atoms with Crippen LogP contribution in [0.4, 0.5) is 0 Å². The van der Waals surface area contributed by atoms with Crippen LogP contribution in [0.3, 0.4) is 0 Å². The highest BCUT2D eigenvalue weighted by atomic mass is 16.5. The number of piperidine rings is 1. The Kier molecular flexibility index (Phi) is 4.52. The molecule has 0 saturated carbocycles. The number of methoxy groups -OCH3 is 1. The smallest absolute Gasteiger partial charge is 0.254 e. The molecule has 0 spiro atoms. The molecule has 0 radical (unpaired) electrons. The van der Waals surface area contributed by atoms with E-state index < -0.39 is 0 Å². The molecule has 0 aliphatic carbocycles. The van der Waals surface area contributed by atoms with Gasteiger partial charge in [0.05, 0.1) is 24.2 Å². The van der Waals surface area contributed by atoms with Crippen LogP contribution in [0.15, 0.2) is 54.9 Å². The second-order valence-corrected chi connectivity index (χ2v) is 6.55. The summed E-state index contributed by atoms with van der Waals surface area (Å²) in [5.41, 5.74) is 3.33. The van der Waals surface area contributed by atoms with Gasteiger partial charge in [0.25, 0.3) is 5.91 Å². The van der Waals surface area contributed by atoms with Crippen molar-refractivity contribution in [2.75, 3.05) is 13.7 Å². The molecule has 1 aromatic heterocycles. The van der Waals surface area contributed by atoms with Crippen molar-refractivity contribution in [3.05, 3.63) is 66.0 Å². The number of hydrogen-bond donors (Lipinski definition) is 0. The molecule has 1 saturated heterocycles. The van der Waals surface area contributed by atoms with Gasteiger partial charge in [-0.1, -0.05) is 12.1 Å². The summed E-state index contributed by atoms with van der Waals surface area (Å²) in [4.78, 5) is 23.8. The standard InChI is InChI=1S/C21H21N3O2/c1-26-17-6-4-5-15(13-17)20-7-2-3-12-24(20)21(25)16-8-9-18-19(14-16)23-11-10-22-18/h4-6,8-11,13-14,20H,2-3,7,12H2,1H3. The van der Waals surface area contributed by atoms with Crippen molar-refractivity contribution >= 4 is 16.9 Å². The molecule has 1 fully saturated rings. The van der Waals surface area contributed by atoms with Gasteiger partial charge in [-0.25, -0.2) is 0 Å². The van der Waals surface area contributed by atoms with Gasteiger partial charge in [0, 0.05) is 24.5 Å². The van der Waals surface area contributed by atoms with Crippen molar-refractivity contribution in [3.8, 4) is 5.75 Å². The van der Waals surface area contributed by atoms with Gasteiger partial charge >= 0.3 is 0 Å². The van der Waals surface area contributed by atoms with Gasteiger partial charge in [-0.05, 0) is 55.2 Å². The molecule has 1 unspecified atom stereocenters. The highest BCUT2D eigenvalue weighted by molar-refractivity contribution is 5.97. The van der Waals surface area contributed by atoms with Crippen molar-refractivity contribution in [3.63, 3.8) is 0 Å². The van der Waals surface area contributed by atoms with Crippen LogP contribution in [0.25, 0.3) is 11.0 Å². The lowest BCUT2D eigenvalue weighted by molar-refractivity contribution is 0.0611. The fourth-order valence-corrected chi connectivity index (χ4v) is 3.63. The lowest BCUT2D eigenvalue weighted by Crippen LogP contribution is -2.38. The maximum Gasteiger partial charge on any atom is 0.254 e. The summed E-state index contributed by atoms with van der Waals surface area (Å²) < 4.78 is 5.36. The first-order chi connectivity index (χ1) is 12.8. The molecular weight excluding hydrogens is 326 g/mol. The summed E-state index contributed by atoms with van der Waals surface area (Å²) in [6.45, 7) is 0.763. The monoisotopic (exact) mass is 347 g/mol. The molecule has 1 atom stereocenters. The normalized spacial score (nSPS) is 17.3. The quantitative estimate of drug-likeness (QED) is 0.718. The maximum absolute atomic E-state index is 13.2. The molecule has 5 heteroatoms. The van der Waals surface area contributed by atoms with E-state index in [1.807, 2.05) is 41.3 Å². The number of hydrogen-bond acceptors (Lipinski definition) is 4. The van der Waals surface area contributed by atoms with Crippen LogP contribution in [-0.4, -0.2) is 34.4 Å². The molecule has 3 aromatic rings. The second kappa shape index (κ2) is 7.12. The average molecular weight is 347 g/mol. The third kappa shape index (κ3) is 3.12. The lowest BCUT2D eigenvalue weighted by Gasteiger charge is -2.36. The molecule has 0 bridgehead atoms. The van der Waals surface area contributed by atoms with Crippen LogP contribution >= 0.6 is 0 Å². The Balaban J connectivity index is 1.67. The minimum atomic E-state index is 0.0464. The van der Waals surface area contributed by atoms with E-state index in [2.05, 4.69) is 16.0 Å². The van der Waals surface area contributed by atoms with Gasteiger partial charge in [-0.15, -0.1) is 0 Å². The maximum atomic E-state index is 13.2. The van der Waals surface area contributed by atoms with Crippen molar-refractivity contribution < 1.29 is 9.53 Å². The number of likely N-dealkylation sites (tertiary alicyclic amines) is 1. The first-order valence-corrected chi connectivity index (χ1v) is 8.92. The number of rotatable bonds is 3. The van der Waals surface area contributed by atoms with Crippen molar-refractivity contribution in [1.29, 1.82) is 0 Å². The molecule has 5 nitrogen and oxygen atoms in total. The molecule has 2 heterocycles. The summed E-state index contributed by atoms with van der Waals surface area (Å²) in [6, 6.07) is 13.6. The Morgan fingerprint density at radius 1 is 1.08 bits per heavy atom. The lowest BCUT2D eigenvalue weighted by atomic mass is 9.94. The van der Waals surface area contributed by atoms with Crippen LogP contribution in [0.5, 0.6) is 5.75 Å². The molecule has 1 amide bonds. The number of carbonyl (C=O) groups is 1. The molecule has 132 valence electrons. The largest absolute Gasteiger partial charge is 0.497 e. The summed E-state index contributed by atoms with van der Waals surface area (Å²) in [5, 5.41) is 0. The van der Waals surface area contributed by atoms with E-state index in [4.69, 9.17) is 4.74 Å².